The Morgan fingerprint density at radius 3 is 2.12 bits per heavy atom. The molecule has 0 saturated heterocycles. The number of hydrogen-bond donors (Lipinski definition) is 1. The summed E-state index contributed by atoms with van der Waals surface area (Å²) in [5.41, 5.74) is 1.05. The normalized spacial score (nSPS) is 11.9. The molecule has 0 saturated carbocycles. The second kappa shape index (κ2) is 17.8. The minimum atomic E-state index is -1.10. The summed E-state index contributed by atoms with van der Waals surface area (Å²) < 4.78 is 19.5. The lowest BCUT2D eigenvalue weighted by molar-refractivity contribution is -0.0842. The molecular formula is C24H40ClNO6. The Hall–Kier alpha value is -1.73. The van der Waals surface area contributed by atoms with Crippen molar-refractivity contribution in [2.45, 2.75) is 97.2 Å². The van der Waals surface area contributed by atoms with Crippen LogP contribution in [0.2, 0.25) is 5.02 Å². The second-order valence-corrected chi connectivity index (χ2v) is 8.35. The van der Waals surface area contributed by atoms with E-state index in [9.17, 15) is 9.59 Å². The summed E-state index contributed by atoms with van der Waals surface area (Å²) in [7, 11) is 1.49. The van der Waals surface area contributed by atoms with Crippen LogP contribution in [0.3, 0.4) is 0 Å². The lowest BCUT2D eigenvalue weighted by atomic mass is 10.0. The first kappa shape index (κ1) is 28.3. The Morgan fingerprint density at radius 1 is 0.938 bits per heavy atom. The lowest BCUT2D eigenvalue weighted by Gasteiger charge is -2.13. The number of carbonyl (C=O) groups is 2. The molecule has 0 amide bonds. The molecule has 1 rings (SSSR count). The molecular weight excluding hydrogens is 434 g/mol. The predicted molar refractivity (Wildman–Crippen MR) is 125 cm³/mol. The highest BCUT2D eigenvalue weighted by Gasteiger charge is 2.21. The van der Waals surface area contributed by atoms with Crippen LogP contribution in [0.1, 0.15) is 101 Å². The number of aromatic nitrogens is 1. The molecule has 0 radical (unpaired) electrons. The number of halogens is 1. The van der Waals surface area contributed by atoms with Crippen molar-refractivity contribution in [2.75, 3.05) is 20.3 Å². The van der Waals surface area contributed by atoms with Gasteiger partial charge in [-0.1, -0.05) is 82.7 Å². The molecule has 1 N–H and O–H groups in total. The molecule has 0 bridgehead atoms. The van der Waals surface area contributed by atoms with Crippen LogP contribution < -0.4 is 0 Å². The quantitative estimate of drug-likeness (QED) is 0.143. The number of carbonyl (C=O) groups excluding carboxylic acids is 2. The zero-order valence-electron chi connectivity index (χ0n) is 19.9. The number of aryl methyl sites for hydroxylation is 1. The van der Waals surface area contributed by atoms with Crippen molar-refractivity contribution in [2.24, 2.45) is 0 Å². The molecule has 0 fully saturated rings. The molecule has 0 aliphatic carbocycles. The van der Waals surface area contributed by atoms with Crippen LogP contribution in [0.25, 0.3) is 0 Å². The van der Waals surface area contributed by atoms with Gasteiger partial charge in [0.1, 0.15) is 12.3 Å². The van der Waals surface area contributed by atoms with Gasteiger partial charge in [-0.2, -0.15) is 0 Å². The van der Waals surface area contributed by atoms with Gasteiger partial charge in [-0.05, 0) is 18.4 Å². The molecule has 1 aromatic rings. The summed E-state index contributed by atoms with van der Waals surface area (Å²) in [6.45, 7) is 3.98. The van der Waals surface area contributed by atoms with Gasteiger partial charge in [0.05, 0.1) is 11.6 Å². The van der Waals surface area contributed by atoms with Crippen molar-refractivity contribution >= 4 is 23.7 Å². The highest BCUT2D eigenvalue weighted by atomic mass is 35.5. The molecule has 0 spiro atoms. The topological polar surface area (TPSA) is 86.9 Å². The van der Waals surface area contributed by atoms with Crippen molar-refractivity contribution in [3.8, 4) is 0 Å². The van der Waals surface area contributed by atoms with Gasteiger partial charge < -0.3 is 23.9 Å². The molecule has 0 aliphatic rings. The molecule has 1 atom stereocenters. The Morgan fingerprint density at radius 2 is 1.53 bits per heavy atom. The average Bonchev–Trinajstić information content (AvgIpc) is 3.12. The molecule has 7 nitrogen and oxygen atoms in total. The van der Waals surface area contributed by atoms with E-state index < -0.39 is 18.4 Å². The van der Waals surface area contributed by atoms with Gasteiger partial charge in [-0.3, -0.25) is 0 Å². The number of aromatic amines is 1. The first-order chi connectivity index (χ1) is 15.5. The van der Waals surface area contributed by atoms with E-state index in [0.717, 1.165) is 24.8 Å². The molecule has 0 aromatic carbocycles. The van der Waals surface area contributed by atoms with Gasteiger partial charge in [-0.25, -0.2) is 9.59 Å². The highest BCUT2D eigenvalue weighted by molar-refractivity contribution is 6.34. The Labute approximate surface area is 197 Å². The second-order valence-electron chi connectivity index (χ2n) is 7.97. The van der Waals surface area contributed by atoms with Crippen LogP contribution in [0, 0.1) is 0 Å². The van der Waals surface area contributed by atoms with Crippen LogP contribution in [0.15, 0.2) is 6.20 Å². The van der Waals surface area contributed by atoms with Crippen molar-refractivity contribution in [3.63, 3.8) is 0 Å². The molecule has 1 aromatic heterocycles. The highest BCUT2D eigenvalue weighted by Crippen LogP contribution is 2.24. The first-order valence-corrected chi connectivity index (χ1v) is 12.3. The maximum Gasteiger partial charge on any atom is 0.511 e. The summed E-state index contributed by atoms with van der Waals surface area (Å²) in [6.07, 6.45) is 14.6. The Balaban J connectivity index is 2.22. The molecule has 32 heavy (non-hydrogen) atoms. The number of hydrogen-bond acceptors (Lipinski definition) is 6. The summed E-state index contributed by atoms with van der Waals surface area (Å²) in [5, 5.41) is 0.358. The number of esters is 1. The SMILES string of the molecule is CCCCCCCCCCCCCc1c[nH]c(C(=O)OC(C)OC(=O)OCCOC)c1Cl. The molecule has 1 unspecified atom stereocenters. The lowest BCUT2D eigenvalue weighted by Crippen LogP contribution is -2.23. The van der Waals surface area contributed by atoms with Crippen LogP contribution >= 0.6 is 11.6 Å². The van der Waals surface area contributed by atoms with E-state index >= 15 is 0 Å². The fourth-order valence-electron chi connectivity index (χ4n) is 3.37. The van der Waals surface area contributed by atoms with Gasteiger partial charge in [0.15, 0.2) is 0 Å². The van der Waals surface area contributed by atoms with E-state index in [-0.39, 0.29) is 18.9 Å². The summed E-state index contributed by atoms with van der Waals surface area (Å²) >= 11 is 6.35. The van der Waals surface area contributed by atoms with E-state index in [4.69, 9.17) is 30.5 Å². The minimum Gasteiger partial charge on any atom is -0.432 e. The minimum absolute atomic E-state index is 0.0564. The van der Waals surface area contributed by atoms with Crippen molar-refractivity contribution in [1.29, 1.82) is 0 Å². The zero-order chi connectivity index (χ0) is 23.6. The number of H-pyrrole nitrogens is 1. The van der Waals surface area contributed by atoms with Gasteiger partial charge in [0.2, 0.25) is 6.29 Å². The largest absolute Gasteiger partial charge is 0.511 e. The van der Waals surface area contributed by atoms with E-state index in [1.54, 1.807) is 6.20 Å². The zero-order valence-corrected chi connectivity index (χ0v) is 20.6. The van der Waals surface area contributed by atoms with Crippen LogP contribution in [-0.2, 0) is 25.4 Å². The smallest absolute Gasteiger partial charge is 0.432 e. The van der Waals surface area contributed by atoms with E-state index in [1.807, 2.05) is 0 Å². The van der Waals surface area contributed by atoms with Crippen LogP contribution in [-0.4, -0.2) is 43.7 Å². The number of nitrogens with one attached hydrogen (secondary N) is 1. The standard InChI is InChI=1S/C24H40ClNO6/c1-4-5-6-7-8-9-10-11-12-13-14-15-20-18-26-22(21(20)25)23(27)31-19(2)32-24(28)30-17-16-29-3/h18-19,26H,4-17H2,1-3H3. The van der Waals surface area contributed by atoms with Gasteiger partial charge >= 0.3 is 12.1 Å². The maximum absolute atomic E-state index is 12.3. The molecule has 8 heteroatoms. The maximum atomic E-state index is 12.3. The number of unbranched alkanes of at least 4 members (excludes halogenated alkanes) is 10. The Kier molecular flexibility index (Phi) is 15.7. The fourth-order valence-corrected chi connectivity index (χ4v) is 3.65. The number of ether oxygens (including phenoxy) is 4. The van der Waals surface area contributed by atoms with E-state index in [1.165, 1.54) is 71.8 Å². The number of rotatable bonds is 18. The van der Waals surface area contributed by atoms with Crippen molar-refractivity contribution in [3.05, 3.63) is 22.5 Å². The van der Waals surface area contributed by atoms with Crippen molar-refractivity contribution in [1.82, 2.24) is 4.98 Å². The molecule has 184 valence electrons. The first-order valence-electron chi connectivity index (χ1n) is 11.9. The summed E-state index contributed by atoms with van der Waals surface area (Å²) in [5.74, 6) is -0.683. The third kappa shape index (κ3) is 12.3. The average molecular weight is 474 g/mol. The van der Waals surface area contributed by atoms with Gasteiger partial charge in [-0.15, -0.1) is 0 Å². The van der Waals surface area contributed by atoms with Crippen LogP contribution in [0.5, 0.6) is 0 Å². The summed E-state index contributed by atoms with van der Waals surface area (Å²) in [4.78, 5) is 26.6. The van der Waals surface area contributed by atoms with Gasteiger partial charge in [0, 0.05) is 20.2 Å². The van der Waals surface area contributed by atoms with Crippen LogP contribution in [0.4, 0.5) is 4.79 Å². The van der Waals surface area contributed by atoms with E-state index in [0.29, 0.717) is 5.02 Å². The molecule has 0 aliphatic heterocycles. The molecule has 1 heterocycles. The fraction of sp³-hybridized carbons (Fsp3) is 0.750. The monoisotopic (exact) mass is 473 g/mol. The summed E-state index contributed by atoms with van der Waals surface area (Å²) in [6, 6.07) is 0. The number of methoxy groups -OCH3 is 1. The predicted octanol–water partition coefficient (Wildman–Crippen LogP) is 6.82. The van der Waals surface area contributed by atoms with E-state index in [2.05, 4.69) is 11.9 Å². The third-order valence-electron chi connectivity index (χ3n) is 5.19. The third-order valence-corrected chi connectivity index (χ3v) is 5.62. The Bertz CT molecular complexity index is 648. The van der Waals surface area contributed by atoms with Gasteiger partial charge in [0.25, 0.3) is 0 Å². The van der Waals surface area contributed by atoms with Crippen molar-refractivity contribution < 1.29 is 28.5 Å².